The number of fused-ring (bicyclic) bond motifs is 1. The van der Waals surface area contributed by atoms with Gasteiger partial charge >= 0.3 is 0 Å². The molecule has 1 saturated heterocycles. The minimum atomic E-state index is -0.230. The molecule has 2 aromatic heterocycles. The maximum Gasteiger partial charge on any atom is 0.262 e. The third-order valence-corrected chi connectivity index (χ3v) is 7.49. The van der Waals surface area contributed by atoms with Crippen LogP contribution in [0.1, 0.15) is 28.8 Å². The van der Waals surface area contributed by atoms with Crippen LogP contribution in [0.2, 0.25) is 13.7 Å². The normalized spacial score (nSPS) is 17.0. The standard InChI is InChI=1S/C18H15Cl3N2O2S2/c1-9-4-5-12(19)15-14(9)22-18(27-15)23(8-10-3-2-6-25-10)17(24)11-7-13(20)26-16(11)21/h4-5,7,10H,2-3,6,8H2,1H3. The molecule has 1 unspecified atom stereocenters. The molecule has 1 fully saturated rings. The fraction of sp³-hybridized carbons (Fsp3) is 0.333. The second-order valence-corrected chi connectivity index (χ2v) is 10.00. The number of aryl methyl sites for hydroxylation is 1. The zero-order valence-corrected chi connectivity index (χ0v) is 18.2. The number of ether oxygens (including phenoxy) is 1. The monoisotopic (exact) mass is 460 g/mol. The van der Waals surface area contributed by atoms with Crippen LogP contribution in [0.3, 0.4) is 0 Å². The minimum Gasteiger partial charge on any atom is -0.376 e. The molecule has 4 nitrogen and oxygen atoms in total. The van der Waals surface area contributed by atoms with Gasteiger partial charge in [-0.1, -0.05) is 52.2 Å². The van der Waals surface area contributed by atoms with Crippen LogP contribution in [0, 0.1) is 6.92 Å². The van der Waals surface area contributed by atoms with Crippen molar-refractivity contribution >= 4 is 78.7 Å². The molecule has 1 aliphatic rings. The van der Waals surface area contributed by atoms with E-state index in [2.05, 4.69) is 0 Å². The van der Waals surface area contributed by atoms with E-state index < -0.39 is 0 Å². The van der Waals surface area contributed by atoms with Crippen molar-refractivity contribution in [2.75, 3.05) is 18.1 Å². The summed E-state index contributed by atoms with van der Waals surface area (Å²) in [4.78, 5) is 19.6. The number of halogens is 3. The molecule has 0 bridgehead atoms. The van der Waals surface area contributed by atoms with Crippen LogP contribution in [-0.4, -0.2) is 30.1 Å². The predicted octanol–water partition coefficient (Wildman–Crippen LogP) is 6.45. The summed E-state index contributed by atoms with van der Waals surface area (Å²) in [5, 5.41) is 1.21. The molecule has 1 amide bonds. The predicted molar refractivity (Wildman–Crippen MR) is 114 cm³/mol. The van der Waals surface area contributed by atoms with Gasteiger partial charge in [0.2, 0.25) is 0 Å². The van der Waals surface area contributed by atoms with E-state index in [9.17, 15) is 4.79 Å². The van der Waals surface area contributed by atoms with Crippen molar-refractivity contribution in [2.24, 2.45) is 0 Å². The minimum absolute atomic E-state index is 0.0228. The van der Waals surface area contributed by atoms with E-state index in [-0.39, 0.29) is 12.0 Å². The Morgan fingerprint density at radius 1 is 1.33 bits per heavy atom. The van der Waals surface area contributed by atoms with Crippen LogP contribution in [0.25, 0.3) is 10.2 Å². The highest BCUT2D eigenvalue weighted by Crippen LogP contribution is 2.38. The van der Waals surface area contributed by atoms with Gasteiger partial charge < -0.3 is 4.74 Å². The van der Waals surface area contributed by atoms with Gasteiger partial charge in [-0.25, -0.2) is 4.98 Å². The average Bonchev–Trinajstić information content (AvgIpc) is 3.35. The summed E-state index contributed by atoms with van der Waals surface area (Å²) in [6.07, 6.45) is 1.88. The van der Waals surface area contributed by atoms with Crippen molar-refractivity contribution < 1.29 is 9.53 Å². The highest BCUT2D eigenvalue weighted by molar-refractivity contribution is 7.23. The fourth-order valence-corrected chi connectivity index (χ4v) is 5.85. The number of anilines is 1. The number of hydrogen-bond donors (Lipinski definition) is 0. The number of carbonyl (C=O) groups is 1. The van der Waals surface area contributed by atoms with Gasteiger partial charge in [0.25, 0.3) is 5.91 Å². The zero-order valence-electron chi connectivity index (χ0n) is 14.3. The Labute approximate surface area is 179 Å². The summed E-state index contributed by atoms with van der Waals surface area (Å²) < 4.78 is 7.46. The molecule has 27 heavy (non-hydrogen) atoms. The number of amides is 1. The Morgan fingerprint density at radius 3 is 2.78 bits per heavy atom. The molecule has 3 heterocycles. The Balaban J connectivity index is 1.77. The first-order valence-corrected chi connectivity index (χ1v) is 11.1. The molecule has 0 saturated carbocycles. The summed E-state index contributed by atoms with van der Waals surface area (Å²) in [5.41, 5.74) is 2.20. The third kappa shape index (κ3) is 3.84. The lowest BCUT2D eigenvalue weighted by Gasteiger charge is -2.22. The Bertz CT molecular complexity index is 973. The average molecular weight is 462 g/mol. The molecule has 0 radical (unpaired) electrons. The Hall–Kier alpha value is -0.890. The van der Waals surface area contributed by atoms with Gasteiger partial charge in [0.15, 0.2) is 5.13 Å². The first-order chi connectivity index (χ1) is 12.9. The molecular weight excluding hydrogens is 447 g/mol. The summed E-state index contributed by atoms with van der Waals surface area (Å²) in [6.45, 7) is 3.10. The second kappa shape index (κ2) is 7.85. The first-order valence-electron chi connectivity index (χ1n) is 8.38. The molecule has 1 atom stereocenters. The summed E-state index contributed by atoms with van der Waals surface area (Å²) in [6, 6.07) is 5.38. The van der Waals surface area contributed by atoms with Crippen LogP contribution >= 0.6 is 57.5 Å². The van der Waals surface area contributed by atoms with E-state index in [4.69, 9.17) is 44.5 Å². The quantitative estimate of drug-likeness (QED) is 0.448. The van der Waals surface area contributed by atoms with E-state index >= 15 is 0 Å². The van der Waals surface area contributed by atoms with E-state index in [1.165, 1.54) is 22.7 Å². The zero-order chi connectivity index (χ0) is 19.1. The molecule has 0 N–H and O–H groups in total. The van der Waals surface area contributed by atoms with Gasteiger partial charge in [0.1, 0.15) is 4.34 Å². The number of carbonyl (C=O) groups excluding carboxylic acids is 1. The maximum atomic E-state index is 13.3. The molecule has 9 heteroatoms. The van der Waals surface area contributed by atoms with Crippen molar-refractivity contribution in [3.8, 4) is 0 Å². The molecule has 4 rings (SSSR count). The number of hydrogen-bond acceptors (Lipinski definition) is 5. The highest BCUT2D eigenvalue weighted by Gasteiger charge is 2.29. The number of thiazole rings is 1. The number of nitrogens with zero attached hydrogens (tertiary/aromatic N) is 2. The molecule has 0 aliphatic carbocycles. The molecule has 1 aliphatic heterocycles. The SMILES string of the molecule is Cc1ccc(Cl)c2sc(N(CC3CCCO3)C(=O)c3cc(Cl)sc3Cl)nc12. The van der Waals surface area contributed by atoms with Crippen molar-refractivity contribution in [1.82, 2.24) is 4.98 Å². The van der Waals surface area contributed by atoms with E-state index in [0.29, 0.717) is 37.5 Å². The topological polar surface area (TPSA) is 42.4 Å². The van der Waals surface area contributed by atoms with Crippen LogP contribution < -0.4 is 4.90 Å². The summed E-state index contributed by atoms with van der Waals surface area (Å²) in [7, 11) is 0. The van der Waals surface area contributed by atoms with Crippen molar-refractivity contribution in [1.29, 1.82) is 0 Å². The molecule has 0 spiro atoms. The summed E-state index contributed by atoms with van der Waals surface area (Å²) >= 11 is 21.2. The van der Waals surface area contributed by atoms with Gasteiger partial charge in [-0.05, 0) is 37.5 Å². The van der Waals surface area contributed by atoms with Crippen molar-refractivity contribution in [2.45, 2.75) is 25.9 Å². The van der Waals surface area contributed by atoms with Crippen LogP contribution in [0.5, 0.6) is 0 Å². The van der Waals surface area contributed by atoms with E-state index in [0.717, 1.165) is 28.6 Å². The van der Waals surface area contributed by atoms with Crippen LogP contribution in [0.15, 0.2) is 18.2 Å². The molecule has 142 valence electrons. The van der Waals surface area contributed by atoms with Crippen LogP contribution in [0.4, 0.5) is 5.13 Å². The van der Waals surface area contributed by atoms with Gasteiger partial charge in [-0.3, -0.25) is 9.69 Å². The third-order valence-electron chi connectivity index (χ3n) is 4.46. The van der Waals surface area contributed by atoms with E-state index in [1.54, 1.807) is 11.0 Å². The van der Waals surface area contributed by atoms with Gasteiger partial charge in [0.05, 0.1) is 37.8 Å². The lowest BCUT2D eigenvalue weighted by molar-refractivity contribution is 0.0918. The summed E-state index contributed by atoms with van der Waals surface area (Å²) in [5.74, 6) is -0.230. The lowest BCUT2D eigenvalue weighted by Crippen LogP contribution is -2.37. The Kier molecular flexibility index (Phi) is 5.65. The number of rotatable bonds is 4. The van der Waals surface area contributed by atoms with Gasteiger partial charge in [0, 0.05) is 6.61 Å². The van der Waals surface area contributed by atoms with Crippen molar-refractivity contribution in [3.63, 3.8) is 0 Å². The fourth-order valence-electron chi connectivity index (χ4n) is 3.08. The van der Waals surface area contributed by atoms with Crippen LogP contribution in [-0.2, 0) is 4.74 Å². The van der Waals surface area contributed by atoms with Gasteiger partial charge in [-0.15, -0.1) is 11.3 Å². The first kappa shape index (κ1) is 19.4. The smallest absolute Gasteiger partial charge is 0.262 e. The number of benzene rings is 1. The largest absolute Gasteiger partial charge is 0.376 e. The molecule has 3 aromatic rings. The number of aromatic nitrogens is 1. The van der Waals surface area contributed by atoms with E-state index in [1.807, 2.05) is 19.1 Å². The maximum absolute atomic E-state index is 13.3. The lowest BCUT2D eigenvalue weighted by atomic mass is 10.2. The second-order valence-electron chi connectivity index (χ2n) is 6.33. The Morgan fingerprint density at radius 2 is 2.15 bits per heavy atom. The molecular formula is C18H15Cl3N2O2S2. The molecule has 1 aromatic carbocycles. The van der Waals surface area contributed by atoms with Gasteiger partial charge in [-0.2, -0.15) is 0 Å². The number of thiophene rings is 1. The highest BCUT2D eigenvalue weighted by atomic mass is 35.5. The van der Waals surface area contributed by atoms with Crippen molar-refractivity contribution in [3.05, 3.63) is 43.0 Å².